The number of nitroso groups, excluding NO2 is 1. The molecule has 1 rings (SSSR count). The van der Waals surface area contributed by atoms with Crippen molar-refractivity contribution < 1.29 is 19.8 Å². The zero-order chi connectivity index (χ0) is 12.2. The minimum atomic E-state index is -1.35. The third kappa shape index (κ3) is 4.41. The predicted molar refractivity (Wildman–Crippen MR) is 63.8 cm³/mol. The monoisotopic (exact) mass is 264 g/mol. The Labute approximate surface area is 104 Å². The van der Waals surface area contributed by atoms with Crippen molar-refractivity contribution in [1.29, 1.82) is 0 Å². The molecular formula is C9H16N2O5S. The average molecular weight is 264 g/mol. The fraction of sp³-hybridized carbons (Fsp3) is 0.778. The van der Waals surface area contributed by atoms with Crippen LogP contribution in [0.25, 0.3) is 0 Å². The minimum absolute atomic E-state index is 0. The van der Waals surface area contributed by atoms with Crippen LogP contribution in [0.4, 0.5) is 0 Å². The van der Waals surface area contributed by atoms with Crippen LogP contribution in [-0.4, -0.2) is 41.3 Å². The third-order valence-corrected chi connectivity index (χ3v) is 2.67. The molecule has 0 radical (unpaired) electrons. The first-order valence-corrected chi connectivity index (χ1v) is 5.43. The standard InChI is InChI=1S/C9H14N2O4S.H2O/c1-9(16,5-11-14)8(13)15-7(12)6-3-2-4-10-6;/h6,10,16H,2-5H2,1H3;1H2/t6-,9?;/m0./s1. The second-order valence-electron chi connectivity index (χ2n) is 3.92. The molecule has 17 heavy (non-hydrogen) atoms. The number of thiol groups is 1. The molecule has 1 unspecified atom stereocenters. The highest BCUT2D eigenvalue weighted by Crippen LogP contribution is 2.17. The molecular weight excluding hydrogens is 248 g/mol. The van der Waals surface area contributed by atoms with E-state index in [9.17, 15) is 14.5 Å². The van der Waals surface area contributed by atoms with Crippen molar-refractivity contribution >= 4 is 24.6 Å². The summed E-state index contributed by atoms with van der Waals surface area (Å²) >= 11 is 3.94. The maximum Gasteiger partial charge on any atom is 0.331 e. The van der Waals surface area contributed by atoms with Crippen molar-refractivity contribution in [2.75, 3.05) is 13.1 Å². The molecule has 98 valence electrons. The van der Waals surface area contributed by atoms with Crippen LogP contribution in [0.1, 0.15) is 19.8 Å². The Morgan fingerprint density at radius 1 is 1.59 bits per heavy atom. The molecule has 8 heteroatoms. The van der Waals surface area contributed by atoms with E-state index in [1.165, 1.54) is 6.92 Å². The lowest BCUT2D eigenvalue weighted by Gasteiger charge is -2.18. The van der Waals surface area contributed by atoms with E-state index in [0.717, 1.165) is 13.0 Å². The molecule has 7 nitrogen and oxygen atoms in total. The van der Waals surface area contributed by atoms with Gasteiger partial charge in [0.05, 0.1) is 0 Å². The molecule has 1 heterocycles. The molecule has 3 N–H and O–H groups in total. The lowest BCUT2D eigenvalue weighted by Crippen LogP contribution is -2.40. The summed E-state index contributed by atoms with van der Waals surface area (Å²) < 4.78 is 3.28. The van der Waals surface area contributed by atoms with Gasteiger partial charge in [0, 0.05) is 0 Å². The van der Waals surface area contributed by atoms with Crippen molar-refractivity contribution in [3.05, 3.63) is 4.91 Å². The summed E-state index contributed by atoms with van der Waals surface area (Å²) in [7, 11) is 0. The Hall–Kier alpha value is -0.990. The number of carbonyl (C=O) groups is 2. The largest absolute Gasteiger partial charge is 0.412 e. The third-order valence-electron chi connectivity index (χ3n) is 2.35. The van der Waals surface area contributed by atoms with Gasteiger partial charge in [-0.1, -0.05) is 5.18 Å². The van der Waals surface area contributed by atoms with Gasteiger partial charge in [0.1, 0.15) is 17.3 Å². The van der Waals surface area contributed by atoms with Gasteiger partial charge in [0.15, 0.2) is 0 Å². The average Bonchev–Trinajstić information content (AvgIpc) is 2.70. The zero-order valence-electron chi connectivity index (χ0n) is 9.43. The van der Waals surface area contributed by atoms with E-state index in [0.29, 0.717) is 6.42 Å². The summed E-state index contributed by atoms with van der Waals surface area (Å²) in [5.41, 5.74) is 0. The predicted octanol–water partition coefficient (Wildman–Crippen LogP) is -0.562. The van der Waals surface area contributed by atoms with Crippen molar-refractivity contribution in [2.24, 2.45) is 5.18 Å². The van der Waals surface area contributed by atoms with Gasteiger partial charge in [0.25, 0.3) is 0 Å². The molecule has 0 saturated carbocycles. The van der Waals surface area contributed by atoms with Crippen molar-refractivity contribution in [2.45, 2.75) is 30.6 Å². The first-order valence-electron chi connectivity index (χ1n) is 4.98. The molecule has 0 spiro atoms. The van der Waals surface area contributed by atoms with Gasteiger partial charge in [-0.25, -0.2) is 9.59 Å². The Morgan fingerprint density at radius 2 is 2.24 bits per heavy atom. The van der Waals surface area contributed by atoms with Gasteiger partial charge in [-0.05, 0) is 26.3 Å². The van der Waals surface area contributed by atoms with Gasteiger partial charge in [-0.15, -0.1) is 0 Å². The van der Waals surface area contributed by atoms with E-state index >= 15 is 0 Å². The fourth-order valence-corrected chi connectivity index (χ4v) is 1.45. The van der Waals surface area contributed by atoms with Crippen molar-refractivity contribution in [3.8, 4) is 0 Å². The van der Waals surface area contributed by atoms with Gasteiger partial charge >= 0.3 is 11.9 Å². The van der Waals surface area contributed by atoms with Crippen molar-refractivity contribution in [3.63, 3.8) is 0 Å². The molecule has 1 aliphatic heterocycles. The van der Waals surface area contributed by atoms with Crippen LogP contribution in [0.3, 0.4) is 0 Å². The Kier molecular flexibility index (Phi) is 6.29. The number of rotatable bonds is 4. The summed E-state index contributed by atoms with van der Waals surface area (Å²) in [5, 5.41) is 5.49. The second kappa shape index (κ2) is 6.67. The van der Waals surface area contributed by atoms with E-state index in [1.54, 1.807) is 0 Å². The minimum Gasteiger partial charge on any atom is -0.412 e. The van der Waals surface area contributed by atoms with E-state index in [1.807, 2.05) is 0 Å². The Balaban J connectivity index is 0.00000256. The molecule has 2 atom stereocenters. The summed E-state index contributed by atoms with van der Waals surface area (Å²) in [6.45, 7) is 1.79. The second-order valence-corrected chi connectivity index (χ2v) is 4.91. The van der Waals surface area contributed by atoms with Gasteiger partial charge < -0.3 is 15.5 Å². The topological polar surface area (TPSA) is 116 Å². The van der Waals surface area contributed by atoms with Gasteiger partial charge in [0.2, 0.25) is 0 Å². The highest BCUT2D eigenvalue weighted by Gasteiger charge is 2.35. The van der Waals surface area contributed by atoms with Crippen LogP contribution < -0.4 is 5.32 Å². The maximum atomic E-state index is 11.5. The molecule has 0 aromatic rings. The van der Waals surface area contributed by atoms with E-state index in [2.05, 4.69) is 27.9 Å². The molecule has 0 aromatic heterocycles. The number of esters is 2. The van der Waals surface area contributed by atoms with Crippen LogP contribution in [0, 0.1) is 4.91 Å². The molecule has 0 aliphatic carbocycles. The first kappa shape index (κ1) is 16.0. The highest BCUT2D eigenvalue weighted by atomic mass is 32.1. The number of hydrogen-bond donors (Lipinski definition) is 2. The zero-order valence-corrected chi connectivity index (χ0v) is 10.3. The SMILES string of the molecule is CC(S)(CN=O)C(=O)OC(=O)[C@@H]1CCCN1.O. The molecule has 1 aliphatic rings. The number of hydrogen-bond acceptors (Lipinski definition) is 7. The van der Waals surface area contributed by atoms with E-state index in [-0.39, 0.29) is 12.0 Å². The fourth-order valence-electron chi connectivity index (χ4n) is 1.35. The number of carbonyl (C=O) groups excluding carboxylic acids is 2. The molecule has 1 fully saturated rings. The number of nitrogens with zero attached hydrogens (tertiary/aromatic N) is 1. The van der Waals surface area contributed by atoms with Gasteiger partial charge in [-0.3, -0.25) is 0 Å². The quantitative estimate of drug-likeness (QED) is 0.305. The lowest BCUT2D eigenvalue weighted by atomic mass is 10.2. The van der Waals surface area contributed by atoms with Crippen molar-refractivity contribution in [1.82, 2.24) is 5.32 Å². The molecule has 0 bridgehead atoms. The molecule has 0 aromatic carbocycles. The van der Waals surface area contributed by atoms with E-state index in [4.69, 9.17) is 0 Å². The molecule has 0 amide bonds. The Morgan fingerprint density at radius 3 is 2.71 bits per heavy atom. The van der Waals surface area contributed by atoms with Crippen LogP contribution >= 0.6 is 12.6 Å². The lowest BCUT2D eigenvalue weighted by molar-refractivity contribution is -0.162. The van der Waals surface area contributed by atoms with Crippen LogP contribution in [-0.2, 0) is 14.3 Å². The normalized spacial score (nSPS) is 22.1. The van der Waals surface area contributed by atoms with E-state index < -0.39 is 22.7 Å². The summed E-state index contributed by atoms with van der Waals surface area (Å²) in [6.07, 6.45) is 1.53. The Bertz CT molecular complexity index is 302. The molecule has 1 saturated heterocycles. The highest BCUT2D eigenvalue weighted by molar-refractivity contribution is 7.82. The summed E-state index contributed by atoms with van der Waals surface area (Å²) in [4.78, 5) is 33.0. The first-order chi connectivity index (χ1) is 7.47. The van der Waals surface area contributed by atoms with Gasteiger partial charge in [-0.2, -0.15) is 17.5 Å². The number of ether oxygens (including phenoxy) is 1. The summed E-state index contributed by atoms with van der Waals surface area (Å²) in [5.74, 6) is -1.46. The van der Waals surface area contributed by atoms with Crippen LogP contribution in [0.5, 0.6) is 0 Å². The number of nitrogens with one attached hydrogen (secondary N) is 1. The summed E-state index contributed by atoms with van der Waals surface area (Å²) in [6, 6.07) is -0.433. The van der Waals surface area contributed by atoms with Crippen LogP contribution in [0.15, 0.2) is 5.18 Å². The smallest absolute Gasteiger partial charge is 0.331 e. The maximum absolute atomic E-state index is 11.5. The van der Waals surface area contributed by atoms with Crippen LogP contribution in [0.2, 0.25) is 0 Å².